The van der Waals surface area contributed by atoms with Gasteiger partial charge in [0.15, 0.2) is 0 Å². The summed E-state index contributed by atoms with van der Waals surface area (Å²) in [4.78, 5) is 20.4. The van der Waals surface area contributed by atoms with Crippen LogP contribution in [-0.4, -0.2) is 11.2 Å². The predicted molar refractivity (Wildman–Crippen MR) is 50.9 cm³/mol. The highest BCUT2D eigenvalue weighted by molar-refractivity contribution is 9.10. The van der Waals surface area contributed by atoms with Crippen molar-refractivity contribution in [3.63, 3.8) is 0 Å². The first-order valence-electron chi connectivity index (χ1n) is 3.46. The van der Waals surface area contributed by atoms with Crippen LogP contribution in [0.25, 0.3) is 0 Å². The first-order chi connectivity index (χ1) is 6.06. The summed E-state index contributed by atoms with van der Waals surface area (Å²) in [6.07, 6.45) is 0.581. The number of aldehydes is 1. The van der Waals surface area contributed by atoms with E-state index in [0.717, 1.165) is 0 Å². The minimum Gasteiger partial charge on any atom is -0.298 e. The minimum absolute atomic E-state index is 0.0449. The number of nitro benzene ring substituents is 1. The number of halogens is 1. The van der Waals surface area contributed by atoms with Crippen molar-refractivity contribution >= 4 is 27.9 Å². The second kappa shape index (κ2) is 3.66. The highest BCUT2D eigenvalue weighted by Gasteiger charge is 2.14. The van der Waals surface area contributed by atoms with Crippen LogP contribution in [-0.2, 0) is 0 Å². The number of hydrogen-bond donors (Lipinski definition) is 0. The van der Waals surface area contributed by atoms with Gasteiger partial charge in [-0.15, -0.1) is 0 Å². The molecule has 0 aromatic heterocycles. The van der Waals surface area contributed by atoms with E-state index in [1.54, 1.807) is 13.0 Å². The Hall–Kier alpha value is -1.23. The molecule has 0 aliphatic carbocycles. The molecule has 0 unspecified atom stereocenters. The maximum absolute atomic E-state index is 10.5. The maximum Gasteiger partial charge on any atom is 0.274 e. The monoisotopic (exact) mass is 243 g/mol. The van der Waals surface area contributed by atoms with Crippen LogP contribution in [0.5, 0.6) is 0 Å². The summed E-state index contributed by atoms with van der Waals surface area (Å²) in [6, 6.07) is 2.81. The Bertz CT molecular complexity index is 376. The van der Waals surface area contributed by atoms with Gasteiger partial charge in [0.2, 0.25) is 0 Å². The molecule has 1 aromatic rings. The van der Waals surface area contributed by atoms with E-state index >= 15 is 0 Å². The molecule has 68 valence electrons. The number of rotatable bonds is 2. The topological polar surface area (TPSA) is 60.2 Å². The molecule has 0 aliphatic heterocycles. The zero-order valence-electron chi connectivity index (χ0n) is 6.78. The van der Waals surface area contributed by atoms with Crippen molar-refractivity contribution in [3.8, 4) is 0 Å². The Labute approximate surface area is 82.8 Å². The molecule has 13 heavy (non-hydrogen) atoms. The van der Waals surface area contributed by atoms with E-state index in [9.17, 15) is 14.9 Å². The number of nitro groups is 1. The Balaban J connectivity index is 3.41. The molecule has 0 amide bonds. The Kier molecular flexibility index (Phi) is 2.77. The van der Waals surface area contributed by atoms with Crippen molar-refractivity contribution in [1.82, 2.24) is 0 Å². The van der Waals surface area contributed by atoms with Crippen LogP contribution < -0.4 is 0 Å². The molecule has 1 aromatic carbocycles. The van der Waals surface area contributed by atoms with Crippen LogP contribution in [0.2, 0.25) is 0 Å². The van der Waals surface area contributed by atoms with Gasteiger partial charge in [-0.05, 0) is 13.0 Å². The molecule has 0 N–H and O–H groups in total. The van der Waals surface area contributed by atoms with Crippen molar-refractivity contribution in [2.24, 2.45) is 0 Å². The van der Waals surface area contributed by atoms with Crippen LogP contribution >= 0.6 is 15.9 Å². The summed E-state index contributed by atoms with van der Waals surface area (Å²) in [5, 5.41) is 10.5. The Morgan fingerprint density at radius 1 is 1.54 bits per heavy atom. The molecule has 0 saturated carbocycles. The van der Waals surface area contributed by atoms with E-state index in [2.05, 4.69) is 15.9 Å². The molecule has 0 spiro atoms. The van der Waals surface area contributed by atoms with Crippen LogP contribution in [0, 0.1) is 17.0 Å². The number of hydrogen-bond acceptors (Lipinski definition) is 3. The third-order valence-corrected chi connectivity index (χ3v) is 2.50. The normalized spacial score (nSPS) is 9.69. The predicted octanol–water partition coefficient (Wildman–Crippen LogP) is 2.48. The minimum atomic E-state index is -0.507. The third kappa shape index (κ3) is 1.92. The van der Waals surface area contributed by atoms with Crippen LogP contribution in [0.3, 0.4) is 0 Å². The molecule has 4 nitrogen and oxygen atoms in total. The fourth-order valence-corrected chi connectivity index (χ4v) is 1.41. The number of benzene rings is 1. The van der Waals surface area contributed by atoms with Gasteiger partial charge in [0.1, 0.15) is 6.29 Å². The standard InChI is InChI=1S/C8H6BrNO3/c1-5-7(9)2-6(4-11)3-8(5)10(12)13/h2-4H,1H3. The Morgan fingerprint density at radius 2 is 2.15 bits per heavy atom. The lowest BCUT2D eigenvalue weighted by Crippen LogP contribution is -1.94. The van der Waals surface area contributed by atoms with E-state index in [1.807, 2.05) is 0 Å². The average Bonchev–Trinajstić information content (AvgIpc) is 2.09. The van der Waals surface area contributed by atoms with Gasteiger partial charge >= 0.3 is 0 Å². The van der Waals surface area contributed by atoms with E-state index in [4.69, 9.17) is 0 Å². The summed E-state index contributed by atoms with van der Waals surface area (Å²) in [7, 11) is 0. The molecule has 0 heterocycles. The quantitative estimate of drug-likeness (QED) is 0.456. The second-order valence-corrected chi connectivity index (χ2v) is 3.38. The SMILES string of the molecule is Cc1c(Br)cc(C=O)cc1[N+](=O)[O-]. The van der Waals surface area contributed by atoms with Gasteiger partial charge in [-0.3, -0.25) is 14.9 Å². The smallest absolute Gasteiger partial charge is 0.274 e. The molecule has 0 fully saturated rings. The van der Waals surface area contributed by atoms with Gasteiger partial charge in [0.25, 0.3) is 5.69 Å². The molecule has 0 aliphatic rings. The lowest BCUT2D eigenvalue weighted by Gasteiger charge is -2.00. The molecule has 1 rings (SSSR count). The summed E-state index contributed by atoms with van der Waals surface area (Å²) in [6.45, 7) is 1.62. The second-order valence-electron chi connectivity index (χ2n) is 2.52. The zero-order chi connectivity index (χ0) is 10.0. The molecule has 0 saturated heterocycles. The summed E-state index contributed by atoms with van der Waals surface area (Å²) >= 11 is 3.14. The molecular formula is C8H6BrNO3. The van der Waals surface area contributed by atoms with Gasteiger partial charge in [0.05, 0.1) is 4.92 Å². The highest BCUT2D eigenvalue weighted by atomic mass is 79.9. The van der Waals surface area contributed by atoms with Crippen molar-refractivity contribution < 1.29 is 9.72 Å². The van der Waals surface area contributed by atoms with Gasteiger partial charge in [-0.2, -0.15) is 0 Å². The number of nitrogens with zero attached hydrogens (tertiary/aromatic N) is 1. The van der Waals surface area contributed by atoms with Crippen LogP contribution in [0.4, 0.5) is 5.69 Å². The highest BCUT2D eigenvalue weighted by Crippen LogP contribution is 2.26. The Morgan fingerprint density at radius 3 is 2.62 bits per heavy atom. The van der Waals surface area contributed by atoms with Crippen molar-refractivity contribution in [1.29, 1.82) is 0 Å². The maximum atomic E-state index is 10.5. The molecule has 0 radical (unpaired) electrons. The van der Waals surface area contributed by atoms with E-state index < -0.39 is 4.92 Å². The molecular weight excluding hydrogens is 238 g/mol. The van der Waals surface area contributed by atoms with Gasteiger partial charge in [0, 0.05) is 21.7 Å². The molecule has 5 heteroatoms. The van der Waals surface area contributed by atoms with Gasteiger partial charge < -0.3 is 0 Å². The van der Waals surface area contributed by atoms with Crippen molar-refractivity contribution in [3.05, 3.63) is 37.8 Å². The summed E-state index contributed by atoms with van der Waals surface area (Å²) in [5.74, 6) is 0. The average molecular weight is 244 g/mol. The van der Waals surface area contributed by atoms with E-state index in [-0.39, 0.29) is 5.69 Å². The van der Waals surface area contributed by atoms with Crippen LogP contribution in [0.15, 0.2) is 16.6 Å². The molecule has 0 bridgehead atoms. The third-order valence-electron chi connectivity index (χ3n) is 1.67. The summed E-state index contributed by atoms with van der Waals surface area (Å²) < 4.78 is 0.573. The van der Waals surface area contributed by atoms with E-state index in [1.165, 1.54) is 6.07 Å². The number of carbonyl (C=O) groups excluding carboxylic acids is 1. The lowest BCUT2D eigenvalue weighted by atomic mass is 10.1. The molecule has 0 atom stereocenters. The fourth-order valence-electron chi connectivity index (χ4n) is 0.942. The zero-order valence-corrected chi connectivity index (χ0v) is 8.37. The number of carbonyl (C=O) groups is 1. The van der Waals surface area contributed by atoms with Gasteiger partial charge in [-0.25, -0.2) is 0 Å². The first kappa shape index (κ1) is 9.85. The summed E-state index contributed by atoms with van der Waals surface area (Å²) in [5.41, 5.74) is 0.774. The largest absolute Gasteiger partial charge is 0.298 e. The van der Waals surface area contributed by atoms with E-state index in [0.29, 0.717) is 21.9 Å². The first-order valence-corrected chi connectivity index (χ1v) is 4.25. The van der Waals surface area contributed by atoms with Crippen molar-refractivity contribution in [2.75, 3.05) is 0 Å². The van der Waals surface area contributed by atoms with Crippen LogP contribution in [0.1, 0.15) is 15.9 Å². The van der Waals surface area contributed by atoms with Gasteiger partial charge in [-0.1, -0.05) is 15.9 Å². The fraction of sp³-hybridized carbons (Fsp3) is 0.125. The lowest BCUT2D eigenvalue weighted by molar-refractivity contribution is -0.385. The van der Waals surface area contributed by atoms with Crippen molar-refractivity contribution in [2.45, 2.75) is 6.92 Å².